The number of hydrogen-bond acceptors (Lipinski definition) is 2. The molecule has 0 saturated carbocycles. The Balaban J connectivity index is 2.56. The first kappa shape index (κ1) is 13.5. The van der Waals surface area contributed by atoms with Gasteiger partial charge in [0.15, 0.2) is 5.78 Å². The number of benzene rings is 1. The van der Waals surface area contributed by atoms with Gasteiger partial charge in [0.25, 0.3) is 0 Å². The molecule has 1 aromatic rings. The van der Waals surface area contributed by atoms with Crippen LogP contribution in [0.25, 0.3) is 6.08 Å². The number of carbonyl (C=O) groups is 1. The molecule has 1 rings (SSSR count). The fourth-order valence-electron chi connectivity index (χ4n) is 1.51. The fourth-order valence-corrected chi connectivity index (χ4v) is 1.51. The second-order valence-corrected chi connectivity index (χ2v) is 4.39. The molecule has 0 heterocycles. The molecular formula is C15H21NO. The van der Waals surface area contributed by atoms with Crippen LogP contribution >= 0.6 is 0 Å². The van der Waals surface area contributed by atoms with Crippen LogP contribution in [0.1, 0.15) is 31.7 Å². The summed E-state index contributed by atoms with van der Waals surface area (Å²) in [4.78, 5) is 13.5. The molecule has 0 amide bonds. The van der Waals surface area contributed by atoms with E-state index in [-0.39, 0.29) is 5.78 Å². The summed E-state index contributed by atoms with van der Waals surface area (Å²) >= 11 is 0. The molecule has 0 saturated heterocycles. The van der Waals surface area contributed by atoms with Crippen LogP contribution in [-0.2, 0) is 4.79 Å². The van der Waals surface area contributed by atoms with E-state index in [1.165, 1.54) is 5.69 Å². The summed E-state index contributed by atoms with van der Waals surface area (Å²) in [5.74, 6) is 0.212. The first-order valence-electron chi connectivity index (χ1n) is 6.11. The Labute approximate surface area is 104 Å². The van der Waals surface area contributed by atoms with Gasteiger partial charge in [-0.25, -0.2) is 0 Å². The number of rotatable bonds is 6. The average molecular weight is 231 g/mol. The van der Waals surface area contributed by atoms with Crippen LogP contribution in [0.3, 0.4) is 0 Å². The van der Waals surface area contributed by atoms with Crippen molar-refractivity contribution in [2.45, 2.75) is 26.2 Å². The SMILES string of the molecule is CCCCC(=O)C=Cc1ccc(N(C)C)cc1. The highest BCUT2D eigenvalue weighted by Crippen LogP contribution is 2.13. The van der Waals surface area contributed by atoms with E-state index >= 15 is 0 Å². The molecule has 0 aliphatic carbocycles. The van der Waals surface area contributed by atoms with Gasteiger partial charge < -0.3 is 4.90 Å². The number of allylic oxidation sites excluding steroid dienone is 1. The van der Waals surface area contributed by atoms with Crippen LogP contribution in [0.15, 0.2) is 30.3 Å². The lowest BCUT2D eigenvalue weighted by Crippen LogP contribution is -2.07. The minimum absolute atomic E-state index is 0.212. The zero-order chi connectivity index (χ0) is 12.7. The molecule has 0 spiro atoms. The van der Waals surface area contributed by atoms with Gasteiger partial charge >= 0.3 is 0 Å². The highest BCUT2D eigenvalue weighted by molar-refractivity contribution is 5.93. The van der Waals surface area contributed by atoms with E-state index < -0.39 is 0 Å². The first-order chi connectivity index (χ1) is 8.13. The van der Waals surface area contributed by atoms with Crippen LogP contribution in [0.5, 0.6) is 0 Å². The minimum atomic E-state index is 0.212. The quantitative estimate of drug-likeness (QED) is 0.698. The molecule has 2 heteroatoms. The third-order valence-corrected chi connectivity index (χ3v) is 2.65. The summed E-state index contributed by atoms with van der Waals surface area (Å²) in [6, 6.07) is 8.16. The Bertz CT molecular complexity index is 376. The Morgan fingerprint density at radius 3 is 2.41 bits per heavy atom. The van der Waals surface area contributed by atoms with Crippen molar-refractivity contribution < 1.29 is 4.79 Å². The van der Waals surface area contributed by atoms with Gasteiger partial charge in [0.1, 0.15) is 0 Å². The molecule has 0 aliphatic heterocycles. The maximum absolute atomic E-state index is 11.5. The summed E-state index contributed by atoms with van der Waals surface area (Å²) < 4.78 is 0. The Kier molecular flexibility index (Phi) is 5.47. The normalized spacial score (nSPS) is 10.8. The van der Waals surface area contributed by atoms with Crippen LogP contribution in [0.2, 0.25) is 0 Å². The third-order valence-electron chi connectivity index (χ3n) is 2.65. The smallest absolute Gasteiger partial charge is 0.155 e. The molecule has 0 N–H and O–H groups in total. The zero-order valence-corrected chi connectivity index (χ0v) is 10.9. The molecule has 0 bridgehead atoms. The van der Waals surface area contributed by atoms with E-state index in [1.807, 2.05) is 32.3 Å². The van der Waals surface area contributed by atoms with Crippen molar-refractivity contribution in [3.05, 3.63) is 35.9 Å². The lowest BCUT2D eigenvalue weighted by Gasteiger charge is -2.11. The first-order valence-corrected chi connectivity index (χ1v) is 6.11. The van der Waals surface area contributed by atoms with Crippen molar-refractivity contribution in [3.8, 4) is 0 Å². The summed E-state index contributed by atoms with van der Waals surface area (Å²) in [6.45, 7) is 2.09. The van der Waals surface area contributed by atoms with Crippen molar-refractivity contribution in [1.29, 1.82) is 0 Å². The minimum Gasteiger partial charge on any atom is -0.378 e. The molecule has 0 aliphatic rings. The standard InChI is InChI=1S/C15H21NO/c1-4-5-6-15(17)12-9-13-7-10-14(11-8-13)16(2)3/h7-12H,4-6H2,1-3H3. The Morgan fingerprint density at radius 2 is 1.88 bits per heavy atom. The molecule has 0 atom stereocenters. The molecule has 1 aromatic carbocycles. The van der Waals surface area contributed by atoms with Gasteiger partial charge in [0.2, 0.25) is 0 Å². The second-order valence-electron chi connectivity index (χ2n) is 4.39. The predicted octanol–water partition coefficient (Wildman–Crippen LogP) is 3.53. The predicted molar refractivity (Wildman–Crippen MR) is 74.3 cm³/mol. The third kappa shape index (κ3) is 4.85. The number of anilines is 1. The van der Waals surface area contributed by atoms with Crippen molar-refractivity contribution in [1.82, 2.24) is 0 Å². The van der Waals surface area contributed by atoms with E-state index in [1.54, 1.807) is 6.08 Å². The molecule has 0 aromatic heterocycles. The Hall–Kier alpha value is -1.57. The monoisotopic (exact) mass is 231 g/mol. The van der Waals surface area contributed by atoms with Crippen LogP contribution < -0.4 is 4.90 Å². The lowest BCUT2D eigenvalue weighted by atomic mass is 10.1. The highest BCUT2D eigenvalue weighted by atomic mass is 16.1. The van der Waals surface area contributed by atoms with Gasteiger partial charge in [0.05, 0.1) is 0 Å². The molecule has 0 fully saturated rings. The molecular weight excluding hydrogens is 210 g/mol. The topological polar surface area (TPSA) is 20.3 Å². The maximum Gasteiger partial charge on any atom is 0.155 e. The number of unbranched alkanes of at least 4 members (excludes halogenated alkanes) is 1. The molecule has 0 unspecified atom stereocenters. The number of ketones is 1. The molecule has 17 heavy (non-hydrogen) atoms. The van der Waals surface area contributed by atoms with Crippen molar-refractivity contribution in [3.63, 3.8) is 0 Å². The van der Waals surface area contributed by atoms with E-state index in [0.29, 0.717) is 6.42 Å². The fraction of sp³-hybridized carbons (Fsp3) is 0.400. The zero-order valence-electron chi connectivity index (χ0n) is 10.9. The number of carbonyl (C=O) groups excluding carboxylic acids is 1. The van der Waals surface area contributed by atoms with E-state index in [0.717, 1.165) is 18.4 Å². The summed E-state index contributed by atoms with van der Waals surface area (Å²) in [5.41, 5.74) is 2.24. The van der Waals surface area contributed by atoms with Crippen molar-refractivity contribution in [2.75, 3.05) is 19.0 Å². The summed E-state index contributed by atoms with van der Waals surface area (Å²) in [5, 5.41) is 0. The highest BCUT2D eigenvalue weighted by Gasteiger charge is 1.96. The van der Waals surface area contributed by atoms with Gasteiger partial charge in [-0.1, -0.05) is 31.6 Å². The van der Waals surface area contributed by atoms with Gasteiger partial charge in [-0.15, -0.1) is 0 Å². The van der Waals surface area contributed by atoms with Crippen LogP contribution in [0, 0.1) is 0 Å². The van der Waals surface area contributed by atoms with Crippen LogP contribution in [-0.4, -0.2) is 19.9 Å². The van der Waals surface area contributed by atoms with E-state index in [9.17, 15) is 4.79 Å². The van der Waals surface area contributed by atoms with Gasteiger partial charge in [-0.2, -0.15) is 0 Å². The average Bonchev–Trinajstić information content (AvgIpc) is 2.34. The lowest BCUT2D eigenvalue weighted by molar-refractivity contribution is -0.114. The van der Waals surface area contributed by atoms with Crippen molar-refractivity contribution in [2.24, 2.45) is 0 Å². The molecule has 92 valence electrons. The Morgan fingerprint density at radius 1 is 1.24 bits per heavy atom. The molecule has 0 radical (unpaired) electrons. The summed E-state index contributed by atoms with van der Waals surface area (Å²) in [7, 11) is 4.03. The van der Waals surface area contributed by atoms with Crippen LogP contribution in [0.4, 0.5) is 5.69 Å². The van der Waals surface area contributed by atoms with Gasteiger partial charge in [0, 0.05) is 26.2 Å². The number of hydrogen-bond donors (Lipinski definition) is 0. The molecule has 2 nitrogen and oxygen atoms in total. The van der Waals surface area contributed by atoms with Crippen molar-refractivity contribution >= 4 is 17.5 Å². The summed E-state index contributed by atoms with van der Waals surface area (Å²) in [6.07, 6.45) is 6.26. The second kappa shape index (κ2) is 6.89. The largest absolute Gasteiger partial charge is 0.378 e. The maximum atomic E-state index is 11.5. The van der Waals surface area contributed by atoms with Gasteiger partial charge in [-0.3, -0.25) is 4.79 Å². The van der Waals surface area contributed by atoms with Gasteiger partial charge in [-0.05, 0) is 30.2 Å². The van der Waals surface area contributed by atoms with E-state index in [2.05, 4.69) is 24.0 Å². The van der Waals surface area contributed by atoms with E-state index in [4.69, 9.17) is 0 Å². The number of nitrogens with zero attached hydrogens (tertiary/aromatic N) is 1.